The predicted molar refractivity (Wildman–Crippen MR) is 174 cm³/mol. The van der Waals surface area contributed by atoms with E-state index in [0.717, 1.165) is 17.9 Å². The summed E-state index contributed by atoms with van der Waals surface area (Å²) in [6.07, 6.45) is 17.5. The van der Waals surface area contributed by atoms with Crippen LogP contribution in [0, 0.1) is 0 Å². The Bertz CT molecular complexity index is 1390. The van der Waals surface area contributed by atoms with Gasteiger partial charge in [-0.1, -0.05) is 76.8 Å². The lowest BCUT2D eigenvalue weighted by Crippen LogP contribution is -1.97. The van der Waals surface area contributed by atoms with Crippen molar-refractivity contribution in [1.29, 1.82) is 0 Å². The molecule has 39 heavy (non-hydrogen) atoms. The van der Waals surface area contributed by atoms with Crippen molar-refractivity contribution in [3.63, 3.8) is 0 Å². The average molecular weight is 554 g/mol. The van der Waals surface area contributed by atoms with E-state index in [1.807, 2.05) is 12.4 Å². The van der Waals surface area contributed by atoms with Crippen LogP contribution in [0.1, 0.15) is 80.9 Å². The maximum absolute atomic E-state index is 4.78. The smallest absolute Gasteiger partial charge is 0.0637 e. The van der Waals surface area contributed by atoms with Crippen LogP contribution >= 0.6 is 22.7 Å². The van der Waals surface area contributed by atoms with Crippen LogP contribution in [0.5, 0.6) is 0 Å². The van der Waals surface area contributed by atoms with E-state index in [9.17, 15) is 0 Å². The van der Waals surface area contributed by atoms with E-state index in [4.69, 9.17) is 9.98 Å². The zero-order chi connectivity index (χ0) is 26.7. The second-order valence-corrected chi connectivity index (χ2v) is 12.2. The van der Waals surface area contributed by atoms with E-state index in [2.05, 4.69) is 82.9 Å². The molecule has 0 amide bonds. The standard InChI is InChI=1S/C34H39N3S2/c1-2-3-4-5-6-7-8-9-10-11-20-37-33-18-16-27(35-25-29-14-12-21-38-29)23-31(33)32-24-28(17-19-34(32)37)36-26-30-15-13-22-39-30/h12-19,21-26H,2-11,20H2,1H3. The molecular formula is C34H39N3S2. The summed E-state index contributed by atoms with van der Waals surface area (Å²) in [6, 6.07) is 21.6. The highest BCUT2D eigenvalue weighted by atomic mass is 32.1. The Morgan fingerprint density at radius 3 is 1.56 bits per heavy atom. The molecule has 0 radical (unpaired) electrons. The van der Waals surface area contributed by atoms with Crippen LogP contribution in [0.25, 0.3) is 21.8 Å². The first-order valence-corrected chi connectivity index (χ1v) is 16.3. The predicted octanol–water partition coefficient (Wildman–Crippen LogP) is 11.3. The fourth-order valence-electron chi connectivity index (χ4n) is 5.24. The average Bonchev–Trinajstić information content (AvgIpc) is 3.73. The number of aromatic nitrogens is 1. The topological polar surface area (TPSA) is 29.6 Å². The van der Waals surface area contributed by atoms with Gasteiger partial charge in [0, 0.05) is 50.5 Å². The number of nitrogens with zero attached hydrogens (tertiary/aromatic N) is 3. The molecule has 0 bridgehead atoms. The van der Waals surface area contributed by atoms with Crippen LogP contribution in [-0.4, -0.2) is 17.0 Å². The summed E-state index contributed by atoms with van der Waals surface area (Å²) in [5.74, 6) is 0. The minimum absolute atomic E-state index is 0.987. The normalized spacial score (nSPS) is 12.1. The summed E-state index contributed by atoms with van der Waals surface area (Å²) in [7, 11) is 0. The molecule has 0 atom stereocenters. The zero-order valence-corrected chi connectivity index (χ0v) is 24.7. The van der Waals surface area contributed by atoms with Gasteiger partial charge in [0.2, 0.25) is 0 Å². The van der Waals surface area contributed by atoms with Crippen LogP contribution in [0.15, 0.2) is 81.4 Å². The molecule has 0 saturated carbocycles. The summed E-state index contributed by atoms with van der Waals surface area (Å²) in [4.78, 5) is 11.9. The minimum Gasteiger partial charge on any atom is -0.340 e. The van der Waals surface area contributed by atoms with E-state index in [1.165, 1.54) is 95.8 Å². The summed E-state index contributed by atoms with van der Waals surface area (Å²) in [6.45, 7) is 3.34. The molecule has 202 valence electrons. The highest BCUT2D eigenvalue weighted by Crippen LogP contribution is 2.35. The molecule has 0 aliphatic rings. The molecule has 0 saturated heterocycles. The molecule has 0 spiro atoms. The van der Waals surface area contributed by atoms with Crippen molar-refractivity contribution >= 4 is 68.3 Å². The number of rotatable bonds is 15. The zero-order valence-electron chi connectivity index (χ0n) is 23.0. The quantitative estimate of drug-likeness (QED) is 0.0911. The molecule has 2 aromatic carbocycles. The van der Waals surface area contributed by atoms with E-state index in [1.54, 1.807) is 22.7 Å². The third kappa shape index (κ3) is 7.55. The van der Waals surface area contributed by atoms with Crippen molar-refractivity contribution in [3.8, 4) is 0 Å². The number of unbranched alkanes of at least 4 members (excludes halogenated alkanes) is 9. The number of hydrogen-bond acceptors (Lipinski definition) is 4. The Kier molecular flexibility index (Phi) is 10.2. The molecule has 5 aromatic rings. The second kappa shape index (κ2) is 14.4. The van der Waals surface area contributed by atoms with Crippen LogP contribution in [0.3, 0.4) is 0 Å². The number of thiophene rings is 2. The number of aliphatic imine (C=N–C) groups is 2. The Morgan fingerprint density at radius 2 is 1.10 bits per heavy atom. The fourth-order valence-corrected chi connectivity index (χ4v) is 6.41. The van der Waals surface area contributed by atoms with Crippen LogP contribution in [-0.2, 0) is 6.54 Å². The van der Waals surface area contributed by atoms with Crippen molar-refractivity contribution in [2.75, 3.05) is 0 Å². The van der Waals surface area contributed by atoms with E-state index in [0.29, 0.717) is 0 Å². The number of hydrogen-bond donors (Lipinski definition) is 0. The Morgan fingerprint density at radius 1 is 0.615 bits per heavy atom. The van der Waals surface area contributed by atoms with Gasteiger partial charge in [-0.15, -0.1) is 22.7 Å². The van der Waals surface area contributed by atoms with Gasteiger partial charge in [-0.3, -0.25) is 9.98 Å². The molecular weight excluding hydrogens is 515 g/mol. The van der Waals surface area contributed by atoms with E-state index >= 15 is 0 Å². The van der Waals surface area contributed by atoms with E-state index < -0.39 is 0 Å². The van der Waals surface area contributed by atoms with Crippen LogP contribution < -0.4 is 0 Å². The van der Waals surface area contributed by atoms with Crippen molar-refractivity contribution in [3.05, 3.63) is 81.2 Å². The molecule has 0 unspecified atom stereocenters. The highest BCUT2D eigenvalue weighted by molar-refractivity contribution is 7.12. The van der Waals surface area contributed by atoms with Gasteiger partial charge in [-0.05, 0) is 65.7 Å². The Hall–Kier alpha value is -3.02. The van der Waals surface area contributed by atoms with Crippen molar-refractivity contribution < 1.29 is 0 Å². The molecule has 3 heterocycles. The lowest BCUT2D eigenvalue weighted by Gasteiger charge is -2.08. The lowest BCUT2D eigenvalue weighted by atomic mass is 10.1. The third-order valence-corrected chi connectivity index (χ3v) is 8.95. The van der Waals surface area contributed by atoms with Gasteiger partial charge in [-0.25, -0.2) is 0 Å². The first-order chi connectivity index (χ1) is 19.3. The summed E-state index contributed by atoms with van der Waals surface area (Å²) < 4.78 is 2.51. The van der Waals surface area contributed by atoms with Gasteiger partial charge in [0.25, 0.3) is 0 Å². The maximum Gasteiger partial charge on any atom is 0.0637 e. The van der Waals surface area contributed by atoms with Crippen molar-refractivity contribution in [1.82, 2.24) is 4.57 Å². The summed E-state index contributed by atoms with van der Waals surface area (Å²) in [5, 5.41) is 6.69. The van der Waals surface area contributed by atoms with Gasteiger partial charge < -0.3 is 4.57 Å². The molecule has 3 aromatic heterocycles. The first-order valence-electron chi connectivity index (χ1n) is 14.5. The van der Waals surface area contributed by atoms with Crippen LogP contribution in [0.4, 0.5) is 11.4 Å². The van der Waals surface area contributed by atoms with Gasteiger partial charge in [0.05, 0.1) is 11.4 Å². The second-order valence-electron chi connectivity index (χ2n) is 10.3. The molecule has 0 aliphatic carbocycles. The third-order valence-electron chi connectivity index (χ3n) is 7.34. The summed E-state index contributed by atoms with van der Waals surface area (Å²) in [5.41, 5.74) is 4.55. The van der Waals surface area contributed by atoms with E-state index in [-0.39, 0.29) is 0 Å². The summed E-state index contributed by atoms with van der Waals surface area (Å²) >= 11 is 3.42. The van der Waals surface area contributed by atoms with Gasteiger partial charge in [-0.2, -0.15) is 0 Å². The number of benzene rings is 2. The van der Waals surface area contributed by atoms with Gasteiger partial charge >= 0.3 is 0 Å². The highest BCUT2D eigenvalue weighted by Gasteiger charge is 2.12. The van der Waals surface area contributed by atoms with Crippen LogP contribution in [0.2, 0.25) is 0 Å². The monoisotopic (exact) mass is 553 g/mol. The largest absolute Gasteiger partial charge is 0.340 e. The maximum atomic E-state index is 4.78. The number of aryl methyl sites for hydroxylation is 1. The van der Waals surface area contributed by atoms with Crippen molar-refractivity contribution in [2.45, 2.75) is 77.7 Å². The Balaban J connectivity index is 1.33. The molecule has 3 nitrogen and oxygen atoms in total. The first kappa shape index (κ1) is 27.5. The SMILES string of the molecule is CCCCCCCCCCCCn1c2ccc(N=Cc3cccs3)cc2c2cc(N=Cc3cccs3)ccc21. The van der Waals surface area contributed by atoms with Gasteiger partial charge in [0.1, 0.15) is 0 Å². The molecule has 0 N–H and O–H groups in total. The number of fused-ring (bicyclic) bond motifs is 3. The molecule has 5 rings (SSSR count). The van der Waals surface area contributed by atoms with Crippen molar-refractivity contribution in [2.24, 2.45) is 9.98 Å². The molecule has 5 heteroatoms. The minimum atomic E-state index is 0.987. The molecule has 0 fully saturated rings. The fraction of sp³-hybridized carbons (Fsp3) is 0.353. The van der Waals surface area contributed by atoms with Gasteiger partial charge in [0.15, 0.2) is 0 Å². The lowest BCUT2D eigenvalue weighted by molar-refractivity contribution is 0.541. The molecule has 0 aliphatic heterocycles. The Labute approximate surface area is 241 Å².